The van der Waals surface area contributed by atoms with Gasteiger partial charge in [-0.15, -0.1) is 0 Å². The molecule has 0 aromatic carbocycles. The summed E-state index contributed by atoms with van der Waals surface area (Å²) in [7, 11) is -1.21. The van der Waals surface area contributed by atoms with Crippen LogP contribution in [-0.2, 0) is 15.7 Å². The highest BCUT2D eigenvalue weighted by Crippen LogP contribution is 2.26. The van der Waals surface area contributed by atoms with Crippen molar-refractivity contribution in [3.63, 3.8) is 0 Å². The Morgan fingerprint density at radius 3 is 2.50 bits per heavy atom. The Labute approximate surface area is 63.5 Å². The fourth-order valence-electron chi connectivity index (χ4n) is 1.13. The summed E-state index contributed by atoms with van der Waals surface area (Å²) in [5.74, 6) is 0. The Morgan fingerprint density at radius 1 is 1.70 bits per heavy atom. The van der Waals surface area contributed by atoms with Crippen LogP contribution >= 0.6 is 0 Å². The molecule has 1 aliphatic heterocycles. The molecular weight excluding hydrogens is 150 g/mol. The van der Waals surface area contributed by atoms with Crippen molar-refractivity contribution in [1.82, 2.24) is 0 Å². The second kappa shape index (κ2) is 2.60. The lowest BCUT2D eigenvalue weighted by Crippen LogP contribution is -2.23. The van der Waals surface area contributed by atoms with Crippen LogP contribution in [-0.4, -0.2) is 21.7 Å². The number of hydrogen-bond acceptors (Lipinski definition) is 2. The molecule has 1 heterocycles. The fraction of sp³-hybridized carbons (Fsp3) is 1.00. The summed E-state index contributed by atoms with van der Waals surface area (Å²) in [6, 6.07) is 0. The Kier molecular flexibility index (Phi) is 2.12. The van der Waals surface area contributed by atoms with Crippen LogP contribution in [0.2, 0.25) is 0 Å². The van der Waals surface area contributed by atoms with Gasteiger partial charge in [-0.1, -0.05) is 0 Å². The summed E-state index contributed by atoms with van der Waals surface area (Å²) < 4.78 is 16.1. The van der Waals surface area contributed by atoms with E-state index in [1.807, 2.05) is 13.8 Å². The SMILES string of the molecule is CC1(C)CC(S(N)=O)CO1. The normalized spacial score (nSPS) is 34.1. The maximum absolute atomic E-state index is 10.7. The van der Waals surface area contributed by atoms with Crippen molar-refractivity contribution < 1.29 is 8.95 Å². The average Bonchev–Trinajstić information content (AvgIpc) is 2.10. The third kappa shape index (κ3) is 1.78. The zero-order chi connectivity index (χ0) is 7.78. The van der Waals surface area contributed by atoms with Crippen LogP contribution in [0.1, 0.15) is 20.3 Å². The number of nitrogens with two attached hydrogens (primary N) is 1. The van der Waals surface area contributed by atoms with E-state index in [2.05, 4.69) is 0 Å². The molecule has 3 nitrogen and oxygen atoms in total. The molecule has 2 N–H and O–H groups in total. The van der Waals surface area contributed by atoms with E-state index in [0.29, 0.717) is 6.61 Å². The molecule has 0 bridgehead atoms. The van der Waals surface area contributed by atoms with Gasteiger partial charge in [0.25, 0.3) is 0 Å². The van der Waals surface area contributed by atoms with Crippen LogP contribution in [0.3, 0.4) is 0 Å². The predicted molar refractivity (Wildman–Crippen MR) is 40.8 cm³/mol. The summed E-state index contributed by atoms with van der Waals surface area (Å²) in [5.41, 5.74) is -0.125. The predicted octanol–water partition coefficient (Wildman–Crippen LogP) is 0.176. The van der Waals surface area contributed by atoms with Crippen molar-refractivity contribution >= 4 is 11.0 Å². The van der Waals surface area contributed by atoms with Gasteiger partial charge < -0.3 is 4.74 Å². The molecule has 10 heavy (non-hydrogen) atoms. The molecule has 1 aliphatic rings. The van der Waals surface area contributed by atoms with E-state index in [0.717, 1.165) is 6.42 Å². The second-order valence-electron chi connectivity index (χ2n) is 3.23. The van der Waals surface area contributed by atoms with Gasteiger partial charge in [-0.2, -0.15) is 0 Å². The maximum Gasteiger partial charge on any atom is 0.0944 e. The van der Waals surface area contributed by atoms with Crippen LogP contribution in [0.25, 0.3) is 0 Å². The first-order chi connectivity index (χ1) is 4.51. The van der Waals surface area contributed by atoms with Gasteiger partial charge in [0.15, 0.2) is 0 Å². The van der Waals surface area contributed by atoms with E-state index < -0.39 is 11.0 Å². The quantitative estimate of drug-likeness (QED) is 0.599. The summed E-state index contributed by atoms with van der Waals surface area (Å²) in [6.45, 7) is 4.51. The standard InChI is InChI=1S/C6H13NO2S/c1-6(2)3-5(4-9-6)10(7)8/h5H,3-4,7H2,1-2H3. The molecule has 0 saturated carbocycles. The fourth-order valence-corrected chi connectivity index (χ4v) is 1.90. The van der Waals surface area contributed by atoms with Crippen molar-refractivity contribution in [1.29, 1.82) is 0 Å². The van der Waals surface area contributed by atoms with Gasteiger partial charge >= 0.3 is 0 Å². The highest BCUT2D eigenvalue weighted by atomic mass is 32.2. The van der Waals surface area contributed by atoms with E-state index >= 15 is 0 Å². The van der Waals surface area contributed by atoms with E-state index in [4.69, 9.17) is 9.88 Å². The highest BCUT2D eigenvalue weighted by Gasteiger charge is 2.34. The first-order valence-electron chi connectivity index (χ1n) is 3.30. The highest BCUT2D eigenvalue weighted by molar-refractivity contribution is 7.83. The molecule has 0 aliphatic carbocycles. The monoisotopic (exact) mass is 163 g/mol. The van der Waals surface area contributed by atoms with Crippen molar-refractivity contribution in [2.75, 3.05) is 6.61 Å². The molecule has 2 unspecified atom stereocenters. The van der Waals surface area contributed by atoms with Crippen molar-refractivity contribution in [3.05, 3.63) is 0 Å². The van der Waals surface area contributed by atoms with Crippen LogP contribution in [0, 0.1) is 0 Å². The molecule has 0 spiro atoms. The molecular formula is C6H13NO2S. The molecule has 60 valence electrons. The Morgan fingerprint density at radius 2 is 2.30 bits per heavy atom. The lowest BCUT2D eigenvalue weighted by atomic mass is 10.1. The van der Waals surface area contributed by atoms with Gasteiger partial charge in [-0.05, 0) is 20.3 Å². The molecule has 0 amide bonds. The number of ether oxygens (including phenoxy) is 1. The van der Waals surface area contributed by atoms with Gasteiger partial charge in [0.2, 0.25) is 0 Å². The minimum absolute atomic E-state index is 0.0370. The molecule has 2 atom stereocenters. The summed E-state index contributed by atoms with van der Waals surface area (Å²) >= 11 is 0. The Bertz CT molecular complexity index is 158. The zero-order valence-electron chi connectivity index (χ0n) is 6.29. The maximum atomic E-state index is 10.7. The van der Waals surface area contributed by atoms with Crippen LogP contribution in [0.4, 0.5) is 0 Å². The number of hydrogen-bond donors (Lipinski definition) is 1. The van der Waals surface area contributed by atoms with Gasteiger partial charge in [0.1, 0.15) is 0 Å². The van der Waals surface area contributed by atoms with E-state index in [1.54, 1.807) is 0 Å². The van der Waals surface area contributed by atoms with Gasteiger partial charge in [-0.25, -0.2) is 4.21 Å². The summed E-state index contributed by atoms with van der Waals surface area (Å²) in [6.07, 6.45) is 0.802. The van der Waals surface area contributed by atoms with E-state index in [-0.39, 0.29) is 10.9 Å². The molecule has 1 rings (SSSR count). The van der Waals surface area contributed by atoms with Crippen LogP contribution < -0.4 is 5.14 Å². The average molecular weight is 163 g/mol. The molecule has 1 saturated heterocycles. The second-order valence-corrected chi connectivity index (χ2v) is 4.55. The summed E-state index contributed by atoms with van der Waals surface area (Å²) in [5, 5.41) is 5.25. The Balaban J connectivity index is 2.51. The smallest absolute Gasteiger partial charge is 0.0944 e. The third-order valence-corrected chi connectivity index (χ3v) is 2.67. The van der Waals surface area contributed by atoms with Gasteiger partial charge in [-0.3, -0.25) is 5.14 Å². The molecule has 0 radical (unpaired) electrons. The third-order valence-electron chi connectivity index (χ3n) is 1.71. The molecule has 4 heteroatoms. The largest absolute Gasteiger partial charge is 0.374 e. The molecule has 1 fully saturated rings. The first-order valence-corrected chi connectivity index (χ1v) is 4.58. The minimum Gasteiger partial charge on any atom is -0.374 e. The van der Waals surface area contributed by atoms with Crippen LogP contribution in [0.5, 0.6) is 0 Å². The van der Waals surface area contributed by atoms with Crippen molar-refractivity contribution in [2.45, 2.75) is 31.1 Å². The van der Waals surface area contributed by atoms with E-state index in [9.17, 15) is 4.21 Å². The topological polar surface area (TPSA) is 52.3 Å². The zero-order valence-corrected chi connectivity index (χ0v) is 7.11. The molecule has 0 aromatic heterocycles. The lowest BCUT2D eigenvalue weighted by Gasteiger charge is -2.14. The minimum atomic E-state index is -1.21. The molecule has 0 aromatic rings. The van der Waals surface area contributed by atoms with Gasteiger partial charge in [0.05, 0.1) is 28.4 Å². The Hall–Kier alpha value is 0.0700. The first kappa shape index (κ1) is 8.17. The van der Waals surface area contributed by atoms with Crippen LogP contribution in [0.15, 0.2) is 0 Å². The summed E-state index contributed by atoms with van der Waals surface area (Å²) in [4.78, 5) is 0. The lowest BCUT2D eigenvalue weighted by molar-refractivity contribution is 0.0368. The number of rotatable bonds is 1. The van der Waals surface area contributed by atoms with Crippen molar-refractivity contribution in [3.8, 4) is 0 Å². The van der Waals surface area contributed by atoms with Gasteiger partial charge in [0, 0.05) is 0 Å². The van der Waals surface area contributed by atoms with E-state index in [1.165, 1.54) is 0 Å². The van der Waals surface area contributed by atoms with Crippen molar-refractivity contribution in [2.24, 2.45) is 5.14 Å².